The van der Waals surface area contributed by atoms with E-state index in [4.69, 9.17) is 0 Å². The van der Waals surface area contributed by atoms with E-state index in [1.807, 2.05) is 11.8 Å². The molecule has 3 heteroatoms. The first-order valence-corrected chi connectivity index (χ1v) is 9.01. The highest BCUT2D eigenvalue weighted by molar-refractivity contribution is 7.98. The van der Waals surface area contributed by atoms with Gasteiger partial charge in [-0.1, -0.05) is 19.8 Å². The van der Waals surface area contributed by atoms with Gasteiger partial charge in [0.25, 0.3) is 0 Å². The summed E-state index contributed by atoms with van der Waals surface area (Å²) in [6, 6.07) is 1.49. The Kier molecular flexibility index (Phi) is 8.36. The first kappa shape index (κ1) is 16.3. The molecular weight excluding hydrogens is 240 g/mol. The maximum Gasteiger partial charge on any atom is 0.0107 e. The lowest BCUT2D eigenvalue weighted by atomic mass is 9.84. The maximum atomic E-state index is 3.69. The molecule has 0 spiro atoms. The van der Waals surface area contributed by atoms with Crippen LogP contribution in [0.15, 0.2) is 0 Å². The van der Waals surface area contributed by atoms with Crippen molar-refractivity contribution >= 4 is 11.8 Å². The molecule has 0 aromatic heterocycles. The molecule has 1 rings (SSSR count). The van der Waals surface area contributed by atoms with Crippen LogP contribution >= 0.6 is 11.8 Å². The summed E-state index contributed by atoms with van der Waals surface area (Å²) in [5.41, 5.74) is 0. The molecule has 0 aliphatic heterocycles. The van der Waals surface area contributed by atoms with Gasteiger partial charge in [-0.15, -0.1) is 0 Å². The largest absolute Gasteiger partial charge is 0.314 e. The van der Waals surface area contributed by atoms with Crippen molar-refractivity contribution < 1.29 is 0 Å². The predicted octanol–water partition coefficient (Wildman–Crippen LogP) is 3.23. The molecule has 0 heterocycles. The third kappa shape index (κ3) is 5.50. The van der Waals surface area contributed by atoms with E-state index in [0.29, 0.717) is 0 Å². The highest BCUT2D eigenvalue weighted by Crippen LogP contribution is 2.25. The van der Waals surface area contributed by atoms with Crippen molar-refractivity contribution in [1.29, 1.82) is 0 Å². The van der Waals surface area contributed by atoms with Gasteiger partial charge in [0.2, 0.25) is 0 Å². The Bertz CT molecular complexity index is 209. The Morgan fingerprint density at radius 3 is 2.72 bits per heavy atom. The lowest BCUT2D eigenvalue weighted by molar-refractivity contribution is 0.160. The number of thioether (sulfide) groups is 1. The van der Waals surface area contributed by atoms with E-state index in [0.717, 1.165) is 24.5 Å². The molecule has 3 atom stereocenters. The molecule has 108 valence electrons. The van der Waals surface area contributed by atoms with E-state index in [1.165, 1.54) is 44.4 Å². The lowest BCUT2D eigenvalue weighted by Crippen LogP contribution is -2.45. The zero-order chi connectivity index (χ0) is 13.4. The van der Waals surface area contributed by atoms with Gasteiger partial charge in [-0.3, -0.25) is 0 Å². The molecule has 0 saturated heterocycles. The first-order valence-electron chi connectivity index (χ1n) is 7.61. The molecule has 0 aromatic rings. The van der Waals surface area contributed by atoms with Crippen molar-refractivity contribution in [3.63, 3.8) is 0 Å². The maximum absolute atomic E-state index is 3.69. The van der Waals surface area contributed by atoms with Crippen LogP contribution < -0.4 is 5.32 Å². The van der Waals surface area contributed by atoms with E-state index >= 15 is 0 Å². The van der Waals surface area contributed by atoms with Crippen LogP contribution in [-0.4, -0.2) is 49.1 Å². The average Bonchev–Trinajstić information content (AvgIpc) is 2.38. The number of hydrogen-bond acceptors (Lipinski definition) is 3. The molecule has 1 N–H and O–H groups in total. The molecule has 0 aromatic carbocycles. The lowest BCUT2D eigenvalue weighted by Gasteiger charge is -2.36. The van der Waals surface area contributed by atoms with Gasteiger partial charge in [0, 0.05) is 18.6 Å². The summed E-state index contributed by atoms with van der Waals surface area (Å²) in [6.07, 6.45) is 9.16. The second-order valence-corrected chi connectivity index (χ2v) is 6.76. The van der Waals surface area contributed by atoms with Gasteiger partial charge in [0.15, 0.2) is 0 Å². The molecule has 1 aliphatic carbocycles. The summed E-state index contributed by atoms with van der Waals surface area (Å²) in [5, 5.41) is 3.69. The number of hydrogen-bond donors (Lipinski definition) is 1. The molecule has 0 radical (unpaired) electrons. The Morgan fingerprint density at radius 1 is 1.33 bits per heavy atom. The highest BCUT2D eigenvalue weighted by Gasteiger charge is 2.26. The third-order valence-corrected chi connectivity index (χ3v) is 5.03. The van der Waals surface area contributed by atoms with Gasteiger partial charge < -0.3 is 10.2 Å². The number of rotatable bonds is 8. The fraction of sp³-hybridized carbons (Fsp3) is 1.00. The van der Waals surface area contributed by atoms with Crippen molar-refractivity contribution in [3.8, 4) is 0 Å². The fourth-order valence-corrected chi connectivity index (χ4v) is 3.59. The summed E-state index contributed by atoms with van der Waals surface area (Å²) < 4.78 is 0. The number of nitrogens with zero attached hydrogens (tertiary/aromatic N) is 1. The summed E-state index contributed by atoms with van der Waals surface area (Å²) in [6.45, 7) is 7.00. The zero-order valence-electron chi connectivity index (χ0n) is 12.7. The van der Waals surface area contributed by atoms with Crippen molar-refractivity contribution in [2.45, 2.75) is 58.0 Å². The van der Waals surface area contributed by atoms with Crippen molar-refractivity contribution in [2.24, 2.45) is 5.92 Å². The summed E-state index contributed by atoms with van der Waals surface area (Å²) in [7, 11) is 2.31. The topological polar surface area (TPSA) is 15.3 Å². The molecule has 1 fully saturated rings. The van der Waals surface area contributed by atoms with Crippen LogP contribution in [0, 0.1) is 5.92 Å². The minimum absolute atomic E-state index is 0.724. The monoisotopic (exact) mass is 272 g/mol. The van der Waals surface area contributed by atoms with Gasteiger partial charge in [0.1, 0.15) is 0 Å². The molecule has 2 nitrogen and oxygen atoms in total. The Labute approximate surface area is 118 Å². The summed E-state index contributed by atoms with van der Waals surface area (Å²) >= 11 is 1.96. The van der Waals surface area contributed by atoms with E-state index in [9.17, 15) is 0 Å². The van der Waals surface area contributed by atoms with E-state index in [-0.39, 0.29) is 0 Å². The van der Waals surface area contributed by atoms with Crippen molar-refractivity contribution in [1.82, 2.24) is 10.2 Å². The first-order chi connectivity index (χ1) is 8.69. The summed E-state index contributed by atoms with van der Waals surface area (Å²) in [4.78, 5) is 2.58. The Morgan fingerprint density at radius 2 is 2.06 bits per heavy atom. The van der Waals surface area contributed by atoms with Crippen LogP contribution in [-0.2, 0) is 0 Å². The van der Waals surface area contributed by atoms with Gasteiger partial charge in [-0.05, 0) is 57.7 Å². The van der Waals surface area contributed by atoms with Gasteiger partial charge in [-0.25, -0.2) is 0 Å². The third-order valence-electron chi connectivity index (χ3n) is 4.39. The average molecular weight is 273 g/mol. The fourth-order valence-electron chi connectivity index (χ4n) is 3.02. The van der Waals surface area contributed by atoms with Crippen LogP contribution in [0.3, 0.4) is 0 Å². The van der Waals surface area contributed by atoms with Crippen LogP contribution in [0.5, 0.6) is 0 Å². The van der Waals surface area contributed by atoms with Gasteiger partial charge >= 0.3 is 0 Å². The highest BCUT2D eigenvalue weighted by atomic mass is 32.2. The van der Waals surface area contributed by atoms with Crippen LogP contribution in [0.1, 0.15) is 46.0 Å². The molecule has 0 amide bonds. The molecular formula is C15H32N2S. The molecule has 3 unspecified atom stereocenters. The summed E-state index contributed by atoms with van der Waals surface area (Å²) in [5.74, 6) is 2.15. The predicted molar refractivity (Wildman–Crippen MR) is 84.5 cm³/mol. The normalized spacial score (nSPS) is 26.5. The standard InChI is InChI=1S/C15H32N2S/c1-5-16-15-9-7-6-8-14(15)12-17(3)13(2)10-11-18-4/h13-16H,5-12H2,1-4H3. The van der Waals surface area contributed by atoms with Crippen molar-refractivity contribution in [2.75, 3.05) is 32.1 Å². The second-order valence-electron chi connectivity index (χ2n) is 5.78. The molecule has 0 bridgehead atoms. The van der Waals surface area contributed by atoms with E-state index in [2.05, 4.69) is 37.4 Å². The van der Waals surface area contributed by atoms with Gasteiger partial charge in [0.05, 0.1) is 0 Å². The zero-order valence-corrected chi connectivity index (χ0v) is 13.6. The molecule has 1 aliphatic rings. The quantitative estimate of drug-likeness (QED) is 0.730. The van der Waals surface area contributed by atoms with Crippen LogP contribution in [0.4, 0.5) is 0 Å². The minimum atomic E-state index is 0.724. The molecule has 18 heavy (non-hydrogen) atoms. The Hall–Kier alpha value is 0.270. The van der Waals surface area contributed by atoms with E-state index < -0.39 is 0 Å². The van der Waals surface area contributed by atoms with Crippen molar-refractivity contribution in [3.05, 3.63) is 0 Å². The number of nitrogens with one attached hydrogen (secondary N) is 1. The smallest absolute Gasteiger partial charge is 0.0107 e. The van der Waals surface area contributed by atoms with E-state index in [1.54, 1.807) is 0 Å². The Balaban J connectivity index is 2.37. The van der Waals surface area contributed by atoms with Crippen LogP contribution in [0.2, 0.25) is 0 Å². The minimum Gasteiger partial charge on any atom is -0.314 e. The van der Waals surface area contributed by atoms with Gasteiger partial charge in [-0.2, -0.15) is 11.8 Å². The second kappa shape index (κ2) is 9.22. The SMILES string of the molecule is CCNC1CCCCC1CN(C)C(C)CCSC. The van der Waals surface area contributed by atoms with Crippen LogP contribution in [0.25, 0.3) is 0 Å². The molecule has 1 saturated carbocycles.